The lowest BCUT2D eigenvalue weighted by Crippen LogP contribution is -2.25. The van der Waals surface area contributed by atoms with Crippen LogP contribution in [0.2, 0.25) is 0 Å². The number of piperidine rings is 1. The van der Waals surface area contributed by atoms with E-state index in [4.69, 9.17) is 0 Å². The van der Waals surface area contributed by atoms with E-state index < -0.39 is 9.84 Å². The van der Waals surface area contributed by atoms with E-state index in [9.17, 15) is 8.42 Å². The van der Waals surface area contributed by atoms with Crippen molar-refractivity contribution in [2.75, 3.05) is 25.4 Å². The highest BCUT2D eigenvalue weighted by atomic mass is 32.2. The Morgan fingerprint density at radius 1 is 1.37 bits per heavy atom. The maximum absolute atomic E-state index is 12.3. The van der Waals surface area contributed by atoms with Gasteiger partial charge in [0.2, 0.25) is 0 Å². The Labute approximate surface area is 118 Å². The van der Waals surface area contributed by atoms with Crippen molar-refractivity contribution in [3.63, 3.8) is 0 Å². The molecule has 2 bridgehead atoms. The highest BCUT2D eigenvalue weighted by Gasteiger charge is 2.40. The summed E-state index contributed by atoms with van der Waals surface area (Å²) in [6.07, 6.45) is 3.03. The van der Waals surface area contributed by atoms with E-state index in [0.717, 1.165) is 37.1 Å². The zero-order valence-electron chi connectivity index (χ0n) is 11.1. The molecule has 0 aromatic carbocycles. The Hall–Kier alpha value is -0.530. The zero-order valence-corrected chi connectivity index (χ0v) is 12.7. The standard InChI is InChI=1S/C12H19N3O2S2/c1-2-6-19(16,17)12-11(13-18-14-12)10-8-15-5-3-4-9(10)7-15/h9-10H,2-8H2,1H3/t9-,10-/m1/s1. The largest absolute Gasteiger partial charge is 0.302 e. The average molecular weight is 301 g/mol. The third-order valence-electron chi connectivity index (χ3n) is 4.17. The number of rotatable bonds is 4. The summed E-state index contributed by atoms with van der Waals surface area (Å²) >= 11 is 1.04. The summed E-state index contributed by atoms with van der Waals surface area (Å²) < 4.78 is 32.9. The van der Waals surface area contributed by atoms with E-state index in [-0.39, 0.29) is 16.7 Å². The van der Waals surface area contributed by atoms with Crippen LogP contribution < -0.4 is 0 Å². The fourth-order valence-electron chi connectivity index (χ4n) is 3.32. The molecule has 0 radical (unpaired) electrons. The van der Waals surface area contributed by atoms with Gasteiger partial charge < -0.3 is 4.90 Å². The summed E-state index contributed by atoms with van der Waals surface area (Å²) in [4.78, 5) is 2.42. The molecule has 1 unspecified atom stereocenters. The molecule has 0 aliphatic carbocycles. The molecule has 1 aromatic heterocycles. The predicted octanol–water partition coefficient (Wildman–Crippen LogP) is 1.53. The van der Waals surface area contributed by atoms with Gasteiger partial charge in [-0.05, 0) is 31.7 Å². The smallest absolute Gasteiger partial charge is 0.198 e. The van der Waals surface area contributed by atoms with Crippen molar-refractivity contribution in [3.8, 4) is 0 Å². The molecule has 2 fully saturated rings. The lowest BCUT2D eigenvalue weighted by Gasteiger charge is -2.21. The number of nitrogens with zero attached hydrogens (tertiary/aromatic N) is 3. The number of sulfone groups is 1. The normalized spacial score (nSPS) is 30.7. The Bertz CT molecular complexity index is 555. The van der Waals surface area contributed by atoms with Crippen LogP contribution >= 0.6 is 11.7 Å². The number of hydrogen-bond acceptors (Lipinski definition) is 6. The Balaban J connectivity index is 1.92. The third kappa shape index (κ3) is 2.43. The van der Waals surface area contributed by atoms with Gasteiger partial charge in [0, 0.05) is 19.0 Å². The van der Waals surface area contributed by atoms with E-state index >= 15 is 0 Å². The fraction of sp³-hybridized carbons (Fsp3) is 0.833. The van der Waals surface area contributed by atoms with Gasteiger partial charge >= 0.3 is 0 Å². The van der Waals surface area contributed by atoms with Crippen LogP contribution in [0.4, 0.5) is 0 Å². The van der Waals surface area contributed by atoms with Crippen molar-refractivity contribution in [2.45, 2.75) is 37.1 Å². The third-order valence-corrected chi connectivity index (χ3v) is 6.66. The molecule has 19 heavy (non-hydrogen) atoms. The lowest BCUT2D eigenvalue weighted by atomic mass is 9.89. The van der Waals surface area contributed by atoms with Gasteiger partial charge in [-0.2, -0.15) is 8.75 Å². The van der Waals surface area contributed by atoms with E-state index in [1.807, 2.05) is 6.92 Å². The molecule has 2 saturated heterocycles. The molecule has 2 aliphatic heterocycles. The van der Waals surface area contributed by atoms with Crippen LogP contribution in [0.3, 0.4) is 0 Å². The summed E-state index contributed by atoms with van der Waals surface area (Å²) in [7, 11) is -3.25. The van der Waals surface area contributed by atoms with Crippen LogP contribution in [0.15, 0.2) is 5.03 Å². The summed E-state index contributed by atoms with van der Waals surface area (Å²) in [5, 5.41) is 0.262. The van der Waals surface area contributed by atoms with E-state index in [2.05, 4.69) is 13.6 Å². The van der Waals surface area contributed by atoms with Gasteiger partial charge in [-0.25, -0.2) is 8.42 Å². The molecule has 3 rings (SSSR count). The van der Waals surface area contributed by atoms with Crippen LogP contribution in [0.5, 0.6) is 0 Å². The summed E-state index contributed by atoms with van der Waals surface area (Å²) in [5.74, 6) is 1.00. The first kappa shape index (κ1) is 13.5. The average Bonchev–Trinajstić information content (AvgIpc) is 2.94. The predicted molar refractivity (Wildman–Crippen MR) is 74.2 cm³/mol. The van der Waals surface area contributed by atoms with Crippen LogP contribution in [0.25, 0.3) is 0 Å². The molecule has 3 heterocycles. The van der Waals surface area contributed by atoms with Crippen LogP contribution in [0.1, 0.15) is 37.8 Å². The van der Waals surface area contributed by atoms with Crippen molar-refractivity contribution in [2.24, 2.45) is 5.92 Å². The van der Waals surface area contributed by atoms with Crippen molar-refractivity contribution < 1.29 is 8.42 Å². The second kappa shape index (κ2) is 5.10. The van der Waals surface area contributed by atoms with E-state index in [1.54, 1.807) is 0 Å². The van der Waals surface area contributed by atoms with E-state index in [1.165, 1.54) is 12.8 Å². The maximum atomic E-state index is 12.3. The minimum absolute atomic E-state index is 0.173. The van der Waals surface area contributed by atoms with Gasteiger partial charge in [0.15, 0.2) is 14.9 Å². The second-order valence-electron chi connectivity index (χ2n) is 5.54. The number of fused-ring (bicyclic) bond motifs is 2. The Morgan fingerprint density at radius 2 is 2.21 bits per heavy atom. The van der Waals surface area contributed by atoms with Crippen molar-refractivity contribution in [1.29, 1.82) is 0 Å². The first-order valence-corrected chi connectivity index (χ1v) is 9.27. The van der Waals surface area contributed by atoms with E-state index in [0.29, 0.717) is 12.3 Å². The van der Waals surface area contributed by atoms with Crippen LogP contribution in [-0.4, -0.2) is 47.5 Å². The molecular formula is C12H19N3O2S2. The molecule has 0 saturated carbocycles. The topological polar surface area (TPSA) is 63.2 Å². The number of hydrogen-bond donors (Lipinski definition) is 0. The number of aromatic nitrogens is 2. The minimum atomic E-state index is -3.25. The summed E-state index contributed by atoms with van der Waals surface area (Å²) in [6, 6.07) is 0. The summed E-state index contributed by atoms with van der Waals surface area (Å²) in [5.41, 5.74) is 0.743. The van der Waals surface area contributed by atoms with Gasteiger partial charge in [0.1, 0.15) is 0 Å². The van der Waals surface area contributed by atoms with Gasteiger partial charge in [0.25, 0.3) is 0 Å². The molecule has 0 N–H and O–H groups in total. The van der Waals surface area contributed by atoms with Crippen molar-refractivity contribution in [1.82, 2.24) is 13.6 Å². The quantitative estimate of drug-likeness (QED) is 0.844. The molecule has 7 heteroatoms. The van der Waals surface area contributed by atoms with Gasteiger partial charge in [-0.1, -0.05) is 6.92 Å². The Kier molecular flexibility index (Phi) is 3.61. The maximum Gasteiger partial charge on any atom is 0.198 e. The van der Waals surface area contributed by atoms with Gasteiger partial charge in [0.05, 0.1) is 23.2 Å². The van der Waals surface area contributed by atoms with Gasteiger partial charge in [-0.15, -0.1) is 0 Å². The monoisotopic (exact) mass is 301 g/mol. The minimum Gasteiger partial charge on any atom is -0.302 e. The fourth-order valence-corrected chi connectivity index (χ4v) is 5.69. The zero-order chi connectivity index (χ0) is 13.5. The molecule has 2 aliphatic rings. The first-order chi connectivity index (χ1) is 9.12. The SMILES string of the molecule is CCCS(=O)(=O)c1nsnc1[C@@H]1CN2CCC[C@@H]1C2. The van der Waals surface area contributed by atoms with Crippen molar-refractivity contribution in [3.05, 3.63) is 5.69 Å². The molecular weight excluding hydrogens is 282 g/mol. The Morgan fingerprint density at radius 3 is 2.95 bits per heavy atom. The molecule has 5 nitrogen and oxygen atoms in total. The highest BCUT2D eigenvalue weighted by molar-refractivity contribution is 7.91. The van der Waals surface area contributed by atoms with Crippen molar-refractivity contribution >= 4 is 21.6 Å². The first-order valence-electron chi connectivity index (χ1n) is 6.89. The van der Waals surface area contributed by atoms with Gasteiger partial charge in [-0.3, -0.25) is 0 Å². The second-order valence-corrected chi connectivity index (χ2v) is 8.09. The van der Waals surface area contributed by atoms with Crippen LogP contribution in [0, 0.1) is 5.92 Å². The molecule has 0 amide bonds. The highest BCUT2D eigenvalue weighted by Crippen LogP contribution is 2.40. The molecule has 1 aromatic rings. The summed E-state index contributed by atoms with van der Waals surface area (Å²) in [6.45, 7) is 5.06. The van der Waals surface area contributed by atoms with Crippen LogP contribution in [-0.2, 0) is 9.84 Å². The molecule has 0 spiro atoms. The molecule has 106 valence electrons. The lowest BCUT2D eigenvalue weighted by molar-refractivity contribution is 0.269. The molecule has 3 atom stereocenters.